The number of halogens is 3. The van der Waals surface area contributed by atoms with E-state index in [0.717, 1.165) is 5.56 Å². The maximum absolute atomic E-state index is 12.5. The predicted molar refractivity (Wildman–Crippen MR) is 60.9 cm³/mol. The highest BCUT2D eigenvalue weighted by atomic mass is 35.5. The van der Waals surface area contributed by atoms with Crippen LogP contribution in [0.25, 0.3) is 10.9 Å². The first-order valence-corrected chi connectivity index (χ1v) is 5.01. The van der Waals surface area contributed by atoms with Gasteiger partial charge in [0.25, 0.3) is 6.43 Å². The molecule has 2 nitrogen and oxygen atoms in total. The van der Waals surface area contributed by atoms with Crippen molar-refractivity contribution in [1.29, 1.82) is 0 Å². The summed E-state index contributed by atoms with van der Waals surface area (Å²) in [5.41, 5.74) is 6.89. The van der Waals surface area contributed by atoms with Crippen molar-refractivity contribution in [3.63, 3.8) is 0 Å². The van der Waals surface area contributed by atoms with Crippen molar-refractivity contribution < 1.29 is 8.78 Å². The lowest BCUT2D eigenvalue weighted by molar-refractivity contribution is 0.146. The van der Waals surface area contributed by atoms with Crippen molar-refractivity contribution in [3.8, 4) is 0 Å². The molecule has 0 radical (unpaired) electrons. The molecule has 2 aromatic rings. The lowest BCUT2D eigenvalue weighted by atomic mass is 10.1. The molecule has 84 valence electrons. The largest absolute Gasteiger partial charge is 0.398 e. The summed E-state index contributed by atoms with van der Waals surface area (Å²) in [6.07, 6.45) is -2.63. The summed E-state index contributed by atoms with van der Waals surface area (Å²) in [7, 11) is 0. The molecule has 0 amide bonds. The SMILES string of the molecule is Cc1cc2c(N)cc(C(F)F)nc2cc1Cl. The fourth-order valence-electron chi connectivity index (χ4n) is 1.51. The van der Waals surface area contributed by atoms with Crippen LogP contribution in [0.1, 0.15) is 17.7 Å². The number of rotatable bonds is 1. The molecule has 0 unspecified atom stereocenters. The molecular weight excluding hydrogens is 234 g/mol. The molecule has 1 heterocycles. The van der Waals surface area contributed by atoms with Crippen LogP contribution in [0, 0.1) is 6.92 Å². The third kappa shape index (κ3) is 1.80. The van der Waals surface area contributed by atoms with Gasteiger partial charge in [0.15, 0.2) is 0 Å². The molecule has 0 aliphatic rings. The topological polar surface area (TPSA) is 38.9 Å². The standard InChI is InChI=1S/C11H9ClF2N2/c1-5-2-6-8(15)4-10(11(13)14)16-9(6)3-7(5)12/h2-4,11H,1H3,(H2,15,16). The summed E-state index contributed by atoms with van der Waals surface area (Å²) >= 11 is 5.90. The molecule has 0 spiro atoms. The highest BCUT2D eigenvalue weighted by Crippen LogP contribution is 2.29. The second-order valence-electron chi connectivity index (χ2n) is 3.56. The van der Waals surface area contributed by atoms with Gasteiger partial charge < -0.3 is 5.73 Å². The van der Waals surface area contributed by atoms with E-state index < -0.39 is 6.43 Å². The van der Waals surface area contributed by atoms with E-state index in [9.17, 15) is 8.78 Å². The number of anilines is 1. The Morgan fingerprint density at radius 3 is 2.62 bits per heavy atom. The van der Waals surface area contributed by atoms with Gasteiger partial charge in [-0.05, 0) is 30.7 Å². The molecule has 5 heteroatoms. The number of pyridine rings is 1. The van der Waals surface area contributed by atoms with Gasteiger partial charge in [-0.3, -0.25) is 0 Å². The Bertz CT molecular complexity index is 555. The average molecular weight is 243 g/mol. The second-order valence-corrected chi connectivity index (χ2v) is 3.96. The quantitative estimate of drug-likeness (QED) is 0.828. The number of benzene rings is 1. The summed E-state index contributed by atoms with van der Waals surface area (Å²) in [4.78, 5) is 3.82. The number of hydrogen-bond acceptors (Lipinski definition) is 2. The number of alkyl halides is 2. The zero-order valence-corrected chi connectivity index (χ0v) is 9.22. The van der Waals surface area contributed by atoms with Crippen LogP contribution in [0.15, 0.2) is 18.2 Å². The van der Waals surface area contributed by atoms with Crippen molar-refractivity contribution in [2.75, 3.05) is 5.73 Å². The zero-order chi connectivity index (χ0) is 11.9. The first-order chi connectivity index (χ1) is 7.49. The average Bonchev–Trinajstić information content (AvgIpc) is 2.20. The molecular formula is C11H9ClF2N2. The molecule has 0 saturated heterocycles. The van der Waals surface area contributed by atoms with Gasteiger partial charge in [0.1, 0.15) is 5.69 Å². The lowest BCUT2D eigenvalue weighted by Crippen LogP contribution is -1.96. The molecule has 2 rings (SSSR count). The minimum Gasteiger partial charge on any atom is -0.398 e. The third-order valence-electron chi connectivity index (χ3n) is 2.36. The number of aromatic nitrogens is 1. The third-order valence-corrected chi connectivity index (χ3v) is 2.77. The number of fused-ring (bicyclic) bond motifs is 1. The van der Waals surface area contributed by atoms with E-state index in [1.807, 2.05) is 6.92 Å². The molecule has 0 bridgehead atoms. The van der Waals surface area contributed by atoms with Crippen LogP contribution in [-0.4, -0.2) is 4.98 Å². The Hall–Kier alpha value is -1.42. The summed E-state index contributed by atoms with van der Waals surface area (Å²) in [5, 5.41) is 1.14. The van der Waals surface area contributed by atoms with Crippen LogP contribution < -0.4 is 5.73 Å². The van der Waals surface area contributed by atoms with Gasteiger partial charge in [-0.2, -0.15) is 0 Å². The van der Waals surface area contributed by atoms with Crippen molar-refractivity contribution in [1.82, 2.24) is 4.98 Å². The van der Waals surface area contributed by atoms with Crippen molar-refractivity contribution >= 4 is 28.2 Å². The van der Waals surface area contributed by atoms with Crippen LogP contribution in [0.3, 0.4) is 0 Å². The van der Waals surface area contributed by atoms with Crippen LogP contribution in [0.5, 0.6) is 0 Å². The Labute approximate surface area is 96.0 Å². The predicted octanol–water partition coefficient (Wildman–Crippen LogP) is 3.72. The Kier molecular flexibility index (Phi) is 2.68. The molecule has 2 N–H and O–H groups in total. The van der Waals surface area contributed by atoms with E-state index >= 15 is 0 Å². The minimum atomic E-state index is -2.63. The lowest BCUT2D eigenvalue weighted by Gasteiger charge is -2.07. The van der Waals surface area contributed by atoms with E-state index in [4.69, 9.17) is 17.3 Å². The first kappa shape index (κ1) is 11.1. The number of aryl methyl sites for hydroxylation is 1. The summed E-state index contributed by atoms with van der Waals surface area (Å²) in [5.74, 6) is 0. The van der Waals surface area contributed by atoms with Gasteiger partial charge >= 0.3 is 0 Å². The highest BCUT2D eigenvalue weighted by molar-refractivity contribution is 6.32. The van der Waals surface area contributed by atoms with Gasteiger partial charge in [-0.15, -0.1) is 0 Å². The van der Waals surface area contributed by atoms with E-state index in [1.165, 1.54) is 6.07 Å². The number of nitrogens with two attached hydrogens (primary N) is 1. The summed E-state index contributed by atoms with van der Waals surface area (Å²) in [6, 6.07) is 4.49. The Morgan fingerprint density at radius 2 is 2.00 bits per heavy atom. The first-order valence-electron chi connectivity index (χ1n) is 4.63. The Balaban J connectivity index is 2.77. The fourth-order valence-corrected chi connectivity index (χ4v) is 1.67. The fraction of sp³-hybridized carbons (Fsp3) is 0.182. The number of hydrogen-bond donors (Lipinski definition) is 1. The smallest absolute Gasteiger partial charge is 0.280 e. The normalized spacial score (nSPS) is 11.3. The van der Waals surface area contributed by atoms with Crippen LogP contribution >= 0.6 is 11.6 Å². The van der Waals surface area contributed by atoms with Gasteiger partial charge in [0.2, 0.25) is 0 Å². The second kappa shape index (κ2) is 3.87. The Morgan fingerprint density at radius 1 is 1.31 bits per heavy atom. The van der Waals surface area contributed by atoms with Crippen LogP contribution in [-0.2, 0) is 0 Å². The molecule has 1 aromatic heterocycles. The van der Waals surface area contributed by atoms with Gasteiger partial charge in [-0.25, -0.2) is 13.8 Å². The number of nitrogen functional groups attached to an aromatic ring is 1. The maximum Gasteiger partial charge on any atom is 0.280 e. The van der Waals surface area contributed by atoms with Crippen molar-refractivity contribution in [3.05, 3.63) is 34.5 Å². The van der Waals surface area contributed by atoms with Gasteiger partial charge in [-0.1, -0.05) is 11.6 Å². The number of nitrogens with zero attached hydrogens (tertiary/aromatic N) is 1. The van der Waals surface area contributed by atoms with Crippen molar-refractivity contribution in [2.24, 2.45) is 0 Å². The summed E-state index contributed by atoms with van der Waals surface area (Å²) < 4.78 is 25.0. The monoisotopic (exact) mass is 242 g/mol. The zero-order valence-electron chi connectivity index (χ0n) is 8.47. The van der Waals surface area contributed by atoms with E-state index in [-0.39, 0.29) is 5.69 Å². The highest BCUT2D eigenvalue weighted by Gasteiger charge is 2.12. The molecule has 0 aliphatic carbocycles. The van der Waals surface area contributed by atoms with E-state index in [0.29, 0.717) is 21.6 Å². The minimum absolute atomic E-state index is 0.292. The van der Waals surface area contributed by atoms with E-state index in [1.54, 1.807) is 12.1 Å². The van der Waals surface area contributed by atoms with Gasteiger partial charge in [0, 0.05) is 16.1 Å². The molecule has 0 aliphatic heterocycles. The maximum atomic E-state index is 12.5. The molecule has 0 saturated carbocycles. The van der Waals surface area contributed by atoms with Crippen molar-refractivity contribution in [2.45, 2.75) is 13.3 Å². The van der Waals surface area contributed by atoms with Crippen LogP contribution in [0.2, 0.25) is 5.02 Å². The van der Waals surface area contributed by atoms with Gasteiger partial charge in [0.05, 0.1) is 5.52 Å². The molecule has 16 heavy (non-hydrogen) atoms. The molecule has 0 atom stereocenters. The molecule has 0 fully saturated rings. The summed E-state index contributed by atoms with van der Waals surface area (Å²) in [6.45, 7) is 1.82. The van der Waals surface area contributed by atoms with Crippen LogP contribution in [0.4, 0.5) is 14.5 Å². The van der Waals surface area contributed by atoms with E-state index in [2.05, 4.69) is 4.98 Å². The molecule has 1 aromatic carbocycles.